The van der Waals surface area contributed by atoms with E-state index in [9.17, 15) is 9.65 Å². The molecule has 0 saturated heterocycles. The third kappa shape index (κ3) is 3.40. The molecule has 4 heteroatoms. The number of nitriles is 1. The molecule has 1 heterocycles. The van der Waals surface area contributed by atoms with Crippen molar-refractivity contribution < 1.29 is 4.39 Å². The molecule has 0 atom stereocenters. The summed E-state index contributed by atoms with van der Waals surface area (Å²) in [4.78, 5) is 4.15. The fourth-order valence-corrected chi connectivity index (χ4v) is 2.53. The summed E-state index contributed by atoms with van der Waals surface area (Å²) in [7, 11) is 0. The molecule has 0 aliphatic rings. The second-order valence-corrected chi connectivity index (χ2v) is 5.93. The van der Waals surface area contributed by atoms with E-state index in [0.29, 0.717) is 12.4 Å². The molecule has 0 bridgehead atoms. The first-order valence-corrected chi connectivity index (χ1v) is 7.41. The highest BCUT2D eigenvalue weighted by Gasteiger charge is 2.27. The van der Waals surface area contributed by atoms with E-state index in [1.54, 1.807) is 12.1 Å². The number of hydrogen-bond acceptors (Lipinski definition) is 2. The fourth-order valence-electron chi connectivity index (χ4n) is 2.53. The van der Waals surface area contributed by atoms with Crippen molar-refractivity contribution in [3.63, 3.8) is 0 Å². The third-order valence-electron chi connectivity index (χ3n) is 3.79. The SMILES string of the molecule is C=Nc1c(/C=C\C)c(C(C)(C)C#N)cn1Cc1ccc(F)cc1. The van der Waals surface area contributed by atoms with Crippen LogP contribution in [0.2, 0.25) is 0 Å². The van der Waals surface area contributed by atoms with Gasteiger partial charge in [-0.1, -0.05) is 24.3 Å². The lowest BCUT2D eigenvalue weighted by atomic mass is 9.85. The van der Waals surface area contributed by atoms with Crippen LogP contribution >= 0.6 is 0 Å². The topological polar surface area (TPSA) is 41.1 Å². The van der Waals surface area contributed by atoms with Crippen LogP contribution in [0, 0.1) is 17.1 Å². The summed E-state index contributed by atoms with van der Waals surface area (Å²) in [6.07, 6.45) is 5.80. The Balaban J connectivity index is 2.56. The lowest BCUT2D eigenvalue weighted by Gasteiger charge is -2.14. The molecule has 0 saturated carbocycles. The second-order valence-electron chi connectivity index (χ2n) is 5.93. The molecule has 1 aromatic carbocycles. The van der Waals surface area contributed by atoms with E-state index in [2.05, 4.69) is 17.8 Å². The number of benzene rings is 1. The van der Waals surface area contributed by atoms with E-state index >= 15 is 0 Å². The lowest BCUT2D eigenvalue weighted by Crippen LogP contribution is -2.14. The predicted octanol–water partition coefficient (Wildman–Crippen LogP) is 4.84. The van der Waals surface area contributed by atoms with Crippen molar-refractivity contribution in [1.29, 1.82) is 5.26 Å². The molecule has 3 nitrogen and oxygen atoms in total. The molecular weight excluding hydrogens is 289 g/mol. The fraction of sp³-hybridized carbons (Fsp3) is 0.263. The Morgan fingerprint density at radius 1 is 1.35 bits per heavy atom. The maximum atomic E-state index is 13.1. The predicted molar refractivity (Wildman–Crippen MR) is 92.5 cm³/mol. The normalized spacial score (nSPS) is 11.6. The minimum Gasteiger partial charge on any atom is -0.328 e. The highest BCUT2D eigenvalue weighted by molar-refractivity contribution is 5.69. The van der Waals surface area contributed by atoms with Crippen molar-refractivity contribution in [2.24, 2.45) is 4.99 Å². The maximum Gasteiger partial charge on any atom is 0.139 e. The minimum atomic E-state index is -0.637. The van der Waals surface area contributed by atoms with Crippen molar-refractivity contribution in [3.8, 4) is 6.07 Å². The summed E-state index contributed by atoms with van der Waals surface area (Å²) >= 11 is 0. The van der Waals surface area contributed by atoms with Gasteiger partial charge in [-0.2, -0.15) is 5.26 Å². The standard InChI is InChI=1S/C19H20FN3/c1-5-6-16-17(19(2,3)13-21)12-23(18(16)22-4)11-14-7-9-15(20)10-8-14/h5-10,12H,4,11H2,1-3H3/b6-5-. The van der Waals surface area contributed by atoms with Gasteiger partial charge >= 0.3 is 0 Å². The van der Waals surface area contributed by atoms with Gasteiger partial charge in [-0.15, -0.1) is 0 Å². The zero-order valence-corrected chi connectivity index (χ0v) is 13.7. The van der Waals surface area contributed by atoms with Crippen LogP contribution in [-0.4, -0.2) is 11.3 Å². The molecule has 0 spiro atoms. The molecular formula is C19H20FN3. The number of halogens is 1. The number of hydrogen-bond donors (Lipinski definition) is 0. The molecule has 118 valence electrons. The van der Waals surface area contributed by atoms with E-state index in [1.165, 1.54) is 12.1 Å². The van der Waals surface area contributed by atoms with Gasteiger partial charge in [-0.05, 0) is 50.7 Å². The van der Waals surface area contributed by atoms with Gasteiger partial charge in [0.05, 0.1) is 11.5 Å². The third-order valence-corrected chi connectivity index (χ3v) is 3.79. The number of aromatic nitrogens is 1. The van der Waals surface area contributed by atoms with Crippen LogP contribution in [0.25, 0.3) is 6.08 Å². The molecule has 0 amide bonds. The summed E-state index contributed by atoms with van der Waals surface area (Å²) in [5.41, 5.74) is 2.13. The second kappa shape index (κ2) is 6.62. The lowest BCUT2D eigenvalue weighted by molar-refractivity contribution is 0.626. The number of rotatable bonds is 5. The smallest absolute Gasteiger partial charge is 0.139 e. The highest BCUT2D eigenvalue weighted by Crippen LogP contribution is 2.35. The van der Waals surface area contributed by atoms with E-state index in [-0.39, 0.29) is 5.82 Å². The van der Waals surface area contributed by atoms with Crippen LogP contribution < -0.4 is 0 Å². The van der Waals surface area contributed by atoms with Crippen molar-refractivity contribution in [2.75, 3.05) is 0 Å². The average Bonchev–Trinajstić information content (AvgIpc) is 2.88. The number of allylic oxidation sites excluding steroid dienone is 1. The molecule has 0 N–H and O–H groups in total. The van der Waals surface area contributed by atoms with Crippen LogP contribution in [0.4, 0.5) is 10.2 Å². The average molecular weight is 309 g/mol. The van der Waals surface area contributed by atoms with Crippen LogP contribution in [0.5, 0.6) is 0 Å². The van der Waals surface area contributed by atoms with Gasteiger partial charge in [-0.3, -0.25) is 0 Å². The first kappa shape index (κ1) is 16.7. The number of nitrogens with zero attached hydrogens (tertiary/aromatic N) is 3. The molecule has 0 aliphatic heterocycles. The van der Waals surface area contributed by atoms with E-state index in [4.69, 9.17) is 0 Å². The van der Waals surface area contributed by atoms with Crippen LogP contribution in [0.3, 0.4) is 0 Å². The molecule has 2 rings (SSSR count). The van der Waals surface area contributed by atoms with Crippen molar-refractivity contribution in [2.45, 2.75) is 32.7 Å². The van der Waals surface area contributed by atoms with Gasteiger partial charge in [0.15, 0.2) is 0 Å². The number of aliphatic imine (C=N–C) groups is 1. The van der Waals surface area contributed by atoms with Crippen LogP contribution in [0.1, 0.15) is 37.5 Å². The molecule has 0 aliphatic carbocycles. The van der Waals surface area contributed by atoms with Gasteiger partial charge in [-0.25, -0.2) is 9.38 Å². The maximum absolute atomic E-state index is 13.1. The zero-order valence-electron chi connectivity index (χ0n) is 13.7. The molecule has 0 radical (unpaired) electrons. The summed E-state index contributed by atoms with van der Waals surface area (Å²) in [5, 5.41) is 9.46. The van der Waals surface area contributed by atoms with Crippen LogP contribution in [-0.2, 0) is 12.0 Å². The molecule has 0 unspecified atom stereocenters. The van der Waals surface area contributed by atoms with Gasteiger partial charge in [0.1, 0.15) is 11.6 Å². The Morgan fingerprint density at radius 2 is 2.00 bits per heavy atom. The van der Waals surface area contributed by atoms with Crippen molar-refractivity contribution in [3.05, 3.63) is 59.0 Å². The van der Waals surface area contributed by atoms with Gasteiger partial charge in [0.2, 0.25) is 0 Å². The largest absolute Gasteiger partial charge is 0.328 e. The Kier molecular flexibility index (Phi) is 4.80. The quantitative estimate of drug-likeness (QED) is 0.728. The molecule has 1 aromatic heterocycles. The van der Waals surface area contributed by atoms with Crippen molar-refractivity contribution >= 4 is 18.6 Å². The summed E-state index contributed by atoms with van der Waals surface area (Å²) < 4.78 is 15.0. The van der Waals surface area contributed by atoms with E-state index < -0.39 is 5.41 Å². The Hall–Kier alpha value is -2.67. The van der Waals surface area contributed by atoms with Gasteiger partial charge < -0.3 is 4.57 Å². The molecule has 23 heavy (non-hydrogen) atoms. The monoisotopic (exact) mass is 309 g/mol. The van der Waals surface area contributed by atoms with Crippen molar-refractivity contribution in [1.82, 2.24) is 4.57 Å². The summed E-state index contributed by atoms with van der Waals surface area (Å²) in [6, 6.07) is 8.69. The van der Waals surface area contributed by atoms with Gasteiger partial charge in [0.25, 0.3) is 0 Å². The zero-order chi connectivity index (χ0) is 17.0. The Morgan fingerprint density at radius 3 is 2.52 bits per heavy atom. The molecule has 0 fully saturated rings. The summed E-state index contributed by atoms with van der Waals surface area (Å²) in [5.74, 6) is 0.454. The van der Waals surface area contributed by atoms with Gasteiger partial charge in [0, 0.05) is 18.3 Å². The van der Waals surface area contributed by atoms with E-state index in [1.807, 2.05) is 43.7 Å². The Labute approximate surface area is 136 Å². The first-order valence-electron chi connectivity index (χ1n) is 7.41. The highest BCUT2D eigenvalue weighted by atomic mass is 19.1. The van der Waals surface area contributed by atoms with E-state index in [0.717, 1.165) is 16.7 Å². The summed E-state index contributed by atoms with van der Waals surface area (Å²) in [6.45, 7) is 9.89. The molecule has 2 aromatic rings. The first-order chi connectivity index (χ1) is 10.9. The Bertz CT molecular complexity index is 774. The van der Waals surface area contributed by atoms with Crippen LogP contribution in [0.15, 0.2) is 41.5 Å². The minimum absolute atomic E-state index is 0.260.